The summed E-state index contributed by atoms with van der Waals surface area (Å²) in [6, 6.07) is 1.70. The maximum atomic E-state index is 3.87. The molecule has 1 nitrogen and oxygen atoms in total. The van der Waals surface area contributed by atoms with Gasteiger partial charge in [0.25, 0.3) is 0 Å². The summed E-state index contributed by atoms with van der Waals surface area (Å²) < 4.78 is 0. The summed E-state index contributed by atoms with van der Waals surface area (Å²) in [5.41, 5.74) is 0. The van der Waals surface area contributed by atoms with E-state index in [1.165, 1.54) is 50.0 Å². The molecule has 1 heterocycles. The minimum atomic E-state index is 0.844. The third-order valence-electron chi connectivity index (χ3n) is 3.81. The second-order valence-corrected chi connectivity index (χ2v) is 6.06. The SMILES string of the molecule is CCC1CCC(NC2CCSCC2)C1. The van der Waals surface area contributed by atoms with Gasteiger partial charge in [0, 0.05) is 12.1 Å². The van der Waals surface area contributed by atoms with Crippen LogP contribution >= 0.6 is 11.8 Å². The fourth-order valence-electron chi connectivity index (χ4n) is 2.79. The van der Waals surface area contributed by atoms with E-state index >= 15 is 0 Å². The van der Waals surface area contributed by atoms with Crippen LogP contribution in [0.25, 0.3) is 0 Å². The molecule has 2 heteroatoms. The van der Waals surface area contributed by atoms with E-state index in [0.717, 1.165) is 18.0 Å². The summed E-state index contributed by atoms with van der Waals surface area (Å²) in [6.07, 6.45) is 8.53. The first-order chi connectivity index (χ1) is 6.88. The molecule has 0 amide bonds. The molecule has 82 valence electrons. The van der Waals surface area contributed by atoms with Crippen molar-refractivity contribution < 1.29 is 0 Å². The fraction of sp³-hybridized carbons (Fsp3) is 1.00. The molecule has 1 saturated carbocycles. The standard InChI is InChI=1S/C12H23NS/c1-2-10-3-4-12(9-10)13-11-5-7-14-8-6-11/h10-13H,2-9H2,1H3. The van der Waals surface area contributed by atoms with Gasteiger partial charge in [0.15, 0.2) is 0 Å². The highest BCUT2D eigenvalue weighted by Crippen LogP contribution is 2.29. The zero-order chi connectivity index (χ0) is 9.80. The van der Waals surface area contributed by atoms with E-state index in [1.54, 1.807) is 0 Å². The Bertz CT molecular complexity index is 166. The Labute approximate surface area is 92.4 Å². The molecule has 1 aliphatic carbocycles. The molecule has 2 unspecified atom stereocenters. The van der Waals surface area contributed by atoms with Crippen LogP contribution in [0.15, 0.2) is 0 Å². The maximum absolute atomic E-state index is 3.87. The average molecular weight is 213 g/mol. The molecule has 0 aromatic heterocycles. The lowest BCUT2D eigenvalue weighted by molar-refractivity contribution is 0.397. The molecule has 0 aromatic carbocycles. The topological polar surface area (TPSA) is 12.0 Å². The third-order valence-corrected chi connectivity index (χ3v) is 4.86. The van der Waals surface area contributed by atoms with Crippen molar-refractivity contribution in [1.82, 2.24) is 5.32 Å². The van der Waals surface area contributed by atoms with Crippen LogP contribution in [0.5, 0.6) is 0 Å². The normalized spacial score (nSPS) is 34.9. The summed E-state index contributed by atoms with van der Waals surface area (Å²) in [4.78, 5) is 0. The molecule has 2 rings (SSSR count). The van der Waals surface area contributed by atoms with Gasteiger partial charge in [0.2, 0.25) is 0 Å². The summed E-state index contributed by atoms with van der Waals surface area (Å²) in [7, 11) is 0. The predicted molar refractivity (Wildman–Crippen MR) is 64.9 cm³/mol. The summed E-state index contributed by atoms with van der Waals surface area (Å²) in [5.74, 6) is 3.77. The second-order valence-electron chi connectivity index (χ2n) is 4.84. The van der Waals surface area contributed by atoms with Crippen molar-refractivity contribution in [2.75, 3.05) is 11.5 Å². The third kappa shape index (κ3) is 2.90. The van der Waals surface area contributed by atoms with Crippen LogP contribution in [0.3, 0.4) is 0 Å². The second kappa shape index (κ2) is 5.41. The molecular weight excluding hydrogens is 190 g/mol. The largest absolute Gasteiger partial charge is 0.311 e. The van der Waals surface area contributed by atoms with Crippen molar-refractivity contribution in [3.05, 3.63) is 0 Å². The summed E-state index contributed by atoms with van der Waals surface area (Å²) >= 11 is 2.12. The van der Waals surface area contributed by atoms with Gasteiger partial charge in [0.1, 0.15) is 0 Å². The van der Waals surface area contributed by atoms with Crippen LogP contribution in [-0.4, -0.2) is 23.6 Å². The zero-order valence-corrected chi connectivity index (χ0v) is 10.1. The van der Waals surface area contributed by atoms with Gasteiger partial charge < -0.3 is 5.32 Å². The van der Waals surface area contributed by atoms with Crippen LogP contribution in [0.4, 0.5) is 0 Å². The van der Waals surface area contributed by atoms with Crippen molar-refractivity contribution in [3.63, 3.8) is 0 Å². The highest BCUT2D eigenvalue weighted by molar-refractivity contribution is 7.99. The molecule has 14 heavy (non-hydrogen) atoms. The smallest absolute Gasteiger partial charge is 0.00853 e. The number of hydrogen-bond acceptors (Lipinski definition) is 2. The Balaban J connectivity index is 1.69. The minimum absolute atomic E-state index is 0.844. The van der Waals surface area contributed by atoms with Crippen LogP contribution in [0.1, 0.15) is 45.4 Å². The first-order valence-electron chi connectivity index (χ1n) is 6.22. The van der Waals surface area contributed by atoms with Crippen molar-refractivity contribution in [2.45, 2.75) is 57.5 Å². The van der Waals surface area contributed by atoms with E-state index in [4.69, 9.17) is 0 Å². The Kier molecular flexibility index (Phi) is 4.18. The van der Waals surface area contributed by atoms with Gasteiger partial charge in [-0.3, -0.25) is 0 Å². The van der Waals surface area contributed by atoms with Gasteiger partial charge in [-0.15, -0.1) is 0 Å². The highest BCUT2D eigenvalue weighted by Gasteiger charge is 2.25. The quantitative estimate of drug-likeness (QED) is 0.773. The van der Waals surface area contributed by atoms with Gasteiger partial charge in [-0.05, 0) is 49.5 Å². The first-order valence-corrected chi connectivity index (χ1v) is 7.37. The monoisotopic (exact) mass is 213 g/mol. The average Bonchev–Trinajstić information content (AvgIpc) is 2.67. The van der Waals surface area contributed by atoms with Gasteiger partial charge in [-0.2, -0.15) is 11.8 Å². The summed E-state index contributed by atoms with van der Waals surface area (Å²) in [6.45, 7) is 2.34. The zero-order valence-electron chi connectivity index (χ0n) is 9.30. The molecule has 0 bridgehead atoms. The lowest BCUT2D eigenvalue weighted by Crippen LogP contribution is -2.39. The van der Waals surface area contributed by atoms with Gasteiger partial charge in [-0.1, -0.05) is 13.3 Å². The van der Waals surface area contributed by atoms with Crippen LogP contribution in [-0.2, 0) is 0 Å². The van der Waals surface area contributed by atoms with E-state index in [2.05, 4.69) is 24.0 Å². The Morgan fingerprint density at radius 2 is 1.86 bits per heavy atom. The number of rotatable bonds is 3. The lowest BCUT2D eigenvalue weighted by Gasteiger charge is -2.26. The molecular formula is C12H23NS. The molecule has 2 fully saturated rings. The number of nitrogens with one attached hydrogen (secondary N) is 1. The molecule has 1 N–H and O–H groups in total. The number of thioether (sulfide) groups is 1. The Morgan fingerprint density at radius 3 is 2.50 bits per heavy atom. The van der Waals surface area contributed by atoms with Crippen LogP contribution < -0.4 is 5.32 Å². The Hall–Kier alpha value is 0.310. The molecule has 1 saturated heterocycles. The molecule has 2 atom stereocenters. The van der Waals surface area contributed by atoms with Gasteiger partial charge in [0.05, 0.1) is 0 Å². The van der Waals surface area contributed by atoms with Crippen molar-refractivity contribution in [3.8, 4) is 0 Å². The minimum Gasteiger partial charge on any atom is -0.311 e. The molecule has 0 radical (unpaired) electrons. The van der Waals surface area contributed by atoms with Crippen LogP contribution in [0.2, 0.25) is 0 Å². The predicted octanol–water partition coefficient (Wildman–Crippen LogP) is 3.05. The number of hydrogen-bond donors (Lipinski definition) is 1. The van der Waals surface area contributed by atoms with Crippen molar-refractivity contribution in [2.24, 2.45) is 5.92 Å². The van der Waals surface area contributed by atoms with E-state index in [9.17, 15) is 0 Å². The maximum Gasteiger partial charge on any atom is 0.00853 e. The van der Waals surface area contributed by atoms with Gasteiger partial charge in [-0.25, -0.2) is 0 Å². The molecule has 1 aliphatic heterocycles. The van der Waals surface area contributed by atoms with E-state index < -0.39 is 0 Å². The van der Waals surface area contributed by atoms with E-state index in [1.807, 2.05) is 0 Å². The fourth-order valence-corrected chi connectivity index (χ4v) is 3.90. The van der Waals surface area contributed by atoms with Crippen molar-refractivity contribution >= 4 is 11.8 Å². The first kappa shape index (κ1) is 10.8. The van der Waals surface area contributed by atoms with Gasteiger partial charge >= 0.3 is 0 Å². The Morgan fingerprint density at radius 1 is 1.07 bits per heavy atom. The summed E-state index contributed by atoms with van der Waals surface area (Å²) in [5, 5.41) is 3.87. The van der Waals surface area contributed by atoms with E-state index in [0.29, 0.717) is 0 Å². The van der Waals surface area contributed by atoms with Crippen LogP contribution in [0, 0.1) is 5.92 Å². The van der Waals surface area contributed by atoms with E-state index in [-0.39, 0.29) is 0 Å². The highest BCUT2D eigenvalue weighted by atomic mass is 32.2. The molecule has 0 aromatic rings. The van der Waals surface area contributed by atoms with Crippen molar-refractivity contribution in [1.29, 1.82) is 0 Å². The molecule has 0 spiro atoms. The molecule has 2 aliphatic rings. The lowest BCUT2D eigenvalue weighted by atomic mass is 10.0.